The molecule has 0 bridgehead atoms. The standard InChI is InChI=1S/C15H12BrClFNO2/c1-2-21-14-6-4-10(8-13(14)18)19-15(20)9-3-5-11(16)12(17)7-9/h3-8H,2H2,1H3,(H,19,20). The van der Waals surface area contributed by atoms with Crippen LogP contribution in [0.3, 0.4) is 0 Å². The lowest BCUT2D eigenvalue weighted by Gasteiger charge is -2.09. The molecule has 1 amide bonds. The van der Waals surface area contributed by atoms with Gasteiger partial charge in [0.15, 0.2) is 11.6 Å². The van der Waals surface area contributed by atoms with Gasteiger partial charge >= 0.3 is 0 Å². The minimum Gasteiger partial charge on any atom is -0.491 e. The van der Waals surface area contributed by atoms with E-state index in [1.807, 2.05) is 0 Å². The van der Waals surface area contributed by atoms with E-state index < -0.39 is 5.82 Å². The summed E-state index contributed by atoms with van der Waals surface area (Å²) in [6, 6.07) is 9.09. The lowest BCUT2D eigenvalue weighted by molar-refractivity contribution is 0.102. The van der Waals surface area contributed by atoms with Crippen LogP contribution in [0.2, 0.25) is 5.02 Å². The first-order chi connectivity index (χ1) is 10.0. The van der Waals surface area contributed by atoms with E-state index in [-0.39, 0.29) is 11.7 Å². The van der Waals surface area contributed by atoms with Crippen LogP contribution in [0.5, 0.6) is 5.75 Å². The zero-order chi connectivity index (χ0) is 15.4. The Morgan fingerprint density at radius 2 is 2.10 bits per heavy atom. The molecule has 6 heteroatoms. The van der Waals surface area contributed by atoms with Crippen molar-refractivity contribution in [2.45, 2.75) is 6.92 Å². The predicted molar refractivity (Wildman–Crippen MR) is 84.7 cm³/mol. The molecule has 0 aliphatic carbocycles. The summed E-state index contributed by atoms with van der Waals surface area (Å²) in [5.41, 5.74) is 0.734. The summed E-state index contributed by atoms with van der Waals surface area (Å²) in [7, 11) is 0. The molecule has 0 heterocycles. The maximum Gasteiger partial charge on any atom is 0.255 e. The van der Waals surface area contributed by atoms with Gasteiger partial charge in [-0.05, 0) is 53.2 Å². The van der Waals surface area contributed by atoms with E-state index in [0.29, 0.717) is 27.4 Å². The summed E-state index contributed by atoms with van der Waals surface area (Å²) in [6.45, 7) is 2.15. The topological polar surface area (TPSA) is 38.3 Å². The van der Waals surface area contributed by atoms with Crippen LogP contribution < -0.4 is 10.1 Å². The second kappa shape index (κ2) is 6.91. The van der Waals surface area contributed by atoms with Gasteiger partial charge in [0.05, 0.1) is 11.6 Å². The molecule has 0 aliphatic heterocycles. The van der Waals surface area contributed by atoms with Crippen molar-refractivity contribution in [2.75, 3.05) is 11.9 Å². The van der Waals surface area contributed by atoms with Crippen molar-refractivity contribution in [3.8, 4) is 5.75 Å². The second-order valence-corrected chi connectivity index (χ2v) is 5.42. The quantitative estimate of drug-likeness (QED) is 0.829. The van der Waals surface area contributed by atoms with Crippen LogP contribution in [0.25, 0.3) is 0 Å². The summed E-state index contributed by atoms with van der Waals surface area (Å²) in [5, 5.41) is 3.04. The monoisotopic (exact) mass is 371 g/mol. The molecule has 0 unspecified atom stereocenters. The van der Waals surface area contributed by atoms with E-state index in [9.17, 15) is 9.18 Å². The summed E-state index contributed by atoms with van der Waals surface area (Å²) >= 11 is 9.19. The zero-order valence-electron chi connectivity index (χ0n) is 11.1. The fourth-order valence-electron chi connectivity index (χ4n) is 1.69. The highest BCUT2D eigenvalue weighted by atomic mass is 79.9. The van der Waals surface area contributed by atoms with Crippen LogP contribution in [0, 0.1) is 5.82 Å². The van der Waals surface area contributed by atoms with Gasteiger partial charge in [0.25, 0.3) is 5.91 Å². The van der Waals surface area contributed by atoms with Gasteiger partial charge < -0.3 is 10.1 Å². The number of nitrogens with one attached hydrogen (secondary N) is 1. The van der Waals surface area contributed by atoms with E-state index >= 15 is 0 Å². The Bertz CT molecular complexity index is 679. The minimum atomic E-state index is -0.525. The number of rotatable bonds is 4. The molecule has 0 atom stereocenters. The molecule has 0 saturated heterocycles. The zero-order valence-corrected chi connectivity index (χ0v) is 13.5. The average molecular weight is 373 g/mol. The van der Waals surface area contributed by atoms with Crippen LogP contribution in [0.15, 0.2) is 40.9 Å². The first-order valence-corrected chi connectivity index (χ1v) is 7.37. The molecule has 21 heavy (non-hydrogen) atoms. The van der Waals surface area contributed by atoms with Crippen LogP contribution in [-0.2, 0) is 0 Å². The third-order valence-electron chi connectivity index (χ3n) is 2.67. The van der Waals surface area contributed by atoms with E-state index in [4.69, 9.17) is 16.3 Å². The lowest BCUT2D eigenvalue weighted by atomic mass is 10.2. The summed E-state index contributed by atoms with van der Waals surface area (Å²) in [6.07, 6.45) is 0. The summed E-state index contributed by atoms with van der Waals surface area (Å²) in [5.74, 6) is -0.737. The Hall–Kier alpha value is -1.59. The molecule has 3 nitrogen and oxygen atoms in total. The Morgan fingerprint density at radius 3 is 2.71 bits per heavy atom. The second-order valence-electron chi connectivity index (χ2n) is 4.16. The van der Waals surface area contributed by atoms with Gasteiger partial charge in [-0.3, -0.25) is 4.79 Å². The highest BCUT2D eigenvalue weighted by Crippen LogP contribution is 2.25. The molecule has 2 aromatic rings. The molecule has 2 rings (SSSR count). The molecule has 0 aromatic heterocycles. The number of hydrogen-bond acceptors (Lipinski definition) is 2. The van der Waals surface area contributed by atoms with E-state index in [1.165, 1.54) is 18.2 Å². The van der Waals surface area contributed by atoms with Crippen LogP contribution in [-0.4, -0.2) is 12.5 Å². The average Bonchev–Trinajstić information content (AvgIpc) is 2.45. The number of carbonyl (C=O) groups excluding carboxylic acids is 1. The molecule has 0 aliphatic rings. The predicted octanol–water partition coefficient (Wildman–Crippen LogP) is 4.89. The molecule has 0 spiro atoms. The molecule has 0 fully saturated rings. The van der Waals surface area contributed by atoms with Gasteiger partial charge in [-0.25, -0.2) is 4.39 Å². The van der Waals surface area contributed by atoms with Gasteiger partial charge in [-0.1, -0.05) is 11.6 Å². The molecule has 1 N–H and O–H groups in total. The van der Waals surface area contributed by atoms with Crippen molar-refractivity contribution in [3.05, 3.63) is 57.3 Å². The van der Waals surface area contributed by atoms with Crippen LogP contribution in [0.4, 0.5) is 10.1 Å². The third kappa shape index (κ3) is 3.95. The normalized spacial score (nSPS) is 10.3. The number of amides is 1. The maximum atomic E-state index is 13.7. The van der Waals surface area contributed by atoms with E-state index in [2.05, 4.69) is 21.2 Å². The van der Waals surface area contributed by atoms with Gasteiger partial charge in [-0.2, -0.15) is 0 Å². The first kappa shape index (κ1) is 15.8. The van der Waals surface area contributed by atoms with Crippen molar-refractivity contribution in [2.24, 2.45) is 0 Å². The van der Waals surface area contributed by atoms with Crippen LogP contribution >= 0.6 is 27.5 Å². The maximum absolute atomic E-state index is 13.7. The molecule has 0 radical (unpaired) electrons. The van der Waals surface area contributed by atoms with Crippen LogP contribution in [0.1, 0.15) is 17.3 Å². The fourth-order valence-corrected chi connectivity index (χ4v) is 2.12. The van der Waals surface area contributed by atoms with E-state index in [1.54, 1.807) is 25.1 Å². The first-order valence-electron chi connectivity index (χ1n) is 6.20. The number of benzene rings is 2. The molecular formula is C15H12BrClFNO2. The van der Waals surface area contributed by atoms with Crippen molar-refractivity contribution >= 4 is 39.1 Å². The Kier molecular flexibility index (Phi) is 5.20. The molecule has 110 valence electrons. The number of halogens is 3. The Morgan fingerprint density at radius 1 is 1.33 bits per heavy atom. The Labute approximate surface area is 135 Å². The van der Waals surface area contributed by atoms with Gasteiger partial charge in [0.2, 0.25) is 0 Å². The van der Waals surface area contributed by atoms with E-state index in [0.717, 1.165) is 0 Å². The minimum absolute atomic E-state index is 0.155. The van der Waals surface area contributed by atoms with Crippen molar-refractivity contribution in [3.63, 3.8) is 0 Å². The highest BCUT2D eigenvalue weighted by Gasteiger charge is 2.10. The van der Waals surface area contributed by atoms with Crippen molar-refractivity contribution in [1.82, 2.24) is 0 Å². The number of hydrogen-bond donors (Lipinski definition) is 1. The van der Waals surface area contributed by atoms with Crippen molar-refractivity contribution in [1.29, 1.82) is 0 Å². The van der Waals surface area contributed by atoms with Gasteiger partial charge in [0, 0.05) is 21.8 Å². The summed E-state index contributed by atoms with van der Waals surface area (Å²) < 4.78 is 19.5. The number of anilines is 1. The molecule has 2 aromatic carbocycles. The number of ether oxygens (including phenoxy) is 1. The SMILES string of the molecule is CCOc1ccc(NC(=O)c2ccc(Br)c(Cl)c2)cc1F. The lowest BCUT2D eigenvalue weighted by Crippen LogP contribution is -2.12. The molecule has 0 saturated carbocycles. The highest BCUT2D eigenvalue weighted by molar-refractivity contribution is 9.10. The smallest absolute Gasteiger partial charge is 0.255 e. The summed E-state index contributed by atoms with van der Waals surface area (Å²) in [4.78, 5) is 12.1. The molecular weight excluding hydrogens is 361 g/mol. The largest absolute Gasteiger partial charge is 0.491 e. The Balaban J connectivity index is 2.15. The van der Waals surface area contributed by atoms with Crippen molar-refractivity contribution < 1.29 is 13.9 Å². The van der Waals surface area contributed by atoms with Gasteiger partial charge in [-0.15, -0.1) is 0 Å². The van der Waals surface area contributed by atoms with Gasteiger partial charge in [0.1, 0.15) is 0 Å². The fraction of sp³-hybridized carbons (Fsp3) is 0.133. The number of carbonyl (C=O) groups is 1. The third-order valence-corrected chi connectivity index (χ3v) is 3.90.